The number of quaternary nitrogens is 1. The van der Waals surface area contributed by atoms with E-state index in [0.717, 1.165) is 0 Å². The van der Waals surface area contributed by atoms with Gasteiger partial charge in [0.1, 0.15) is 13.2 Å². The van der Waals surface area contributed by atoms with E-state index in [4.69, 9.17) is 4.74 Å². The van der Waals surface area contributed by atoms with Crippen LogP contribution in [0.1, 0.15) is 78.1 Å². The molecule has 2 rings (SSSR count). The lowest BCUT2D eigenvalue weighted by atomic mass is 9.69. The Morgan fingerprint density at radius 1 is 0.958 bits per heavy atom. The van der Waals surface area contributed by atoms with E-state index >= 15 is 0 Å². The molecule has 0 unspecified atom stereocenters. The minimum atomic E-state index is -0.259. The normalized spacial score (nSPS) is 21.2. The number of ether oxygens (including phenoxy) is 1. The molecular formula is C20H37NO3. The van der Waals surface area contributed by atoms with Crippen LogP contribution in [0.2, 0.25) is 0 Å². The van der Waals surface area contributed by atoms with Gasteiger partial charge in [0.05, 0.1) is 19.0 Å². The first-order chi connectivity index (χ1) is 11.6. The van der Waals surface area contributed by atoms with Crippen LogP contribution in [0.5, 0.6) is 0 Å². The van der Waals surface area contributed by atoms with E-state index in [1.807, 2.05) is 13.8 Å². The maximum absolute atomic E-state index is 12.9. The van der Waals surface area contributed by atoms with E-state index in [-0.39, 0.29) is 23.1 Å². The zero-order valence-electron chi connectivity index (χ0n) is 15.8. The van der Waals surface area contributed by atoms with Crippen LogP contribution in [-0.4, -0.2) is 36.9 Å². The Hall–Kier alpha value is -0.610. The van der Waals surface area contributed by atoms with Crippen LogP contribution in [0.4, 0.5) is 0 Å². The van der Waals surface area contributed by atoms with Crippen LogP contribution in [0.15, 0.2) is 0 Å². The fourth-order valence-corrected chi connectivity index (χ4v) is 4.71. The van der Waals surface area contributed by atoms with Gasteiger partial charge in [0.2, 0.25) is 0 Å². The minimum Gasteiger partial charge on any atom is -0.633 e. The van der Waals surface area contributed by atoms with E-state index in [0.29, 0.717) is 31.5 Å². The maximum Gasteiger partial charge on any atom is 0.309 e. The van der Waals surface area contributed by atoms with Crippen molar-refractivity contribution in [2.24, 2.45) is 17.8 Å². The predicted molar refractivity (Wildman–Crippen MR) is 97.2 cm³/mol. The molecule has 24 heavy (non-hydrogen) atoms. The molecule has 0 bridgehead atoms. The average molecular weight is 340 g/mol. The highest BCUT2D eigenvalue weighted by molar-refractivity contribution is 5.73. The standard InChI is InChI=1S/C20H37NO3/c1-3-21(23,4-2)15-16-24-20(22)19(17-11-7-5-8-12-17)18-13-9-6-10-14-18/h17-19H,3-16H2,1-2H3. The molecule has 0 amide bonds. The minimum absolute atomic E-state index is 0.00689. The third-order valence-electron chi connectivity index (χ3n) is 6.48. The Morgan fingerprint density at radius 3 is 1.83 bits per heavy atom. The number of esters is 1. The summed E-state index contributed by atoms with van der Waals surface area (Å²) in [7, 11) is 0. The van der Waals surface area contributed by atoms with Crippen molar-refractivity contribution in [3.8, 4) is 0 Å². The van der Waals surface area contributed by atoms with Crippen LogP contribution in [-0.2, 0) is 9.53 Å². The SMILES string of the molecule is CC[N+]([O-])(CC)CCOC(=O)C(C1CCCCC1)C1CCCCC1. The van der Waals surface area contributed by atoms with E-state index in [2.05, 4.69) is 0 Å². The fourth-order valence-electron chi connectivity index (χ4n) is 4.71. The molecule has 0 aliphatic heterocycles. The molecule has 2 saturated carbocycles. The zero-order valence-corrected chi connectivity index (χ0v) is 15.8. The predicted octanol–water partition coefficient (Wildman–Crippen LogP) is 4.66. The maximum atomic E-state index is 12.9. The summed E-state index contributed by atoms with van der Waals surface area (Å²) >= 11 is 0. The molecule has 0 saturated heterocycles. The second-order valence-electron chi connectivity index (χ2n) is 7.90. The number of hydroxylamine groups is 3. The fraction of sp³-hybridized carbons (Fsp3) is 0.950. The van der Waals surface area contributed by atoms with E-state index in [1.165, 1.54) is 64.2 Å². The lowest BCUT2D eigenvalue weighted by molar-refractivity contribution is -0.877. The molecule has 4 heteroatoms. The summed E-state index contributed by atoms with van der Waals surface area (Å²) in [6.45, 7) is 5.57. The Morgan fingerprint density at radius 2 is 1.42 bits per heavy atom. The van der Waals surface area contributed by atoms with Gasteiger partial charge in [0.15, 0.2) is 0 Å². The van der Waals surface area contributed by atoms with Gasteiger partial charge in [-0.05, 0) is 51.4 Å². The molecule has 2 aliphatic carbocycles. The van der Waals surface area contributed by atoms with Crippen LogP contribution in [0.25, 0.3) is 0 Å². The van der Waals surface area contributed by atoms with E-state index < -0.39 is 0 Å². The quantitative estimate of drug-likeness (QED) is 0.367. The van der Waals surface area contributed by atoms with Gasteiger partial charge in [-0.1, -0.05) is 38.5 Å². The van der Waals surface area contributed by atoms with Crippen LogP contribution in [0, 0.1) is 23.0 Å². The molecule has 0 atom stereocenters. The number of nitrogens with zero attached hydrogens (tertiary/aromatic N) is 1. The number of carbonyl (C=O) groups excluding carboxylic acids is 1. The summed E-state index contributed by atoms with van der Waals surface area (Å²) in [5.41, 5.74) is 0. The lowest BCUT2D eigenvalue weighted by Gasteiger charge is -2.41. The lowest BCUT2D eigenvalue weighted by Crippen LogP contribution is -2.45. The Kier molecular flexibility index (Phi) is 8.02. The van der Waals surface area contributed by atoms with Crippen molar-refractivity contribution in [2.75, 3.05) is 26.2 Å². The first-order valence-electron chi connectivity index (χ1n) is 10.3. The third-order valence-corrected chi connectivity index (χ3v) is 6.48. The first kappa shape index (κ1) is 19.7. The molecule has 0 aromatic carbocycles. The highest BCUT2D eigenvalue weighted by Gasteiger charge is 2.37. The van der Waals surface area contributed by atoms with Gasteiger partial charge in [-0.15, -0.1) is 0 Å². The highest BCUT2D eigenvalue weighted by atomic mass is 16.6. The van der Waals surface area contributed by atoms with Gasteiger partial charge in [-0.3, -0.25) is 4.79 Å². The zero-order chi connectivity index (χ0) is 17.4. The number of hydrogen-bond donors (Lipinski definition) is 0. The van der Waals surface area contributed by atoms with Gasteiger partial charge in [-0.2, -0.15) is 0 Å². The van der Waals surface area contributed by atoms with Crippen molar-refractivity contribution in [1.82, 2.24) is 0 Å². The number of likely N-dealkylation sites (N-methyl/N-ethyl adjacent to an activating group) is 1. The number of rotatable bonds is 8. The second kappa shape index (κ2) is 9.76. The van der Waals surface area contributed by atoms with Crippen LogP contribution in [0.3, 0.4) is 0 Å². The summed E-state index contributed by atoms with van der Waals surface area (Å²) in [6, 6.07) is 0. The molecule has 0 N–H and O–H groups in total. The van der Waals surface area contributed by atoms with Crippen LogP contribution < -0.4 is 0 Å². The van der Waals surface area contributed by atoms with Gasteiger partial charge >= 0.3 is 5.97 Å². The van der Waals surface area contributed by atoms with Crippen molar-refractivity contribution in [2.45, 2.75) is 78.1 Å². The third kappa shape index (κ3) is 5.45. The number of hydrogen-bond acceptors (Lipinski definition) is 3. The molecule has 140 valence electrons. The van der Waals surface area contributed by atoms with Crippen molar-refractivity contribution in [1.29, 1.82) is 0 Å². The van der Waals surface area contributed by atoms with Gasteiger partial charge in [0, 0.05) is 0 Å². The van der Waals surface area contributed by atoms with Gasteiger partial charge in [-0.25, -0.2) is 0 Å². The monoisotopic (exact) mass is 339 g/mol. The van der Waals surface area contributed by atoms with E-state index in [1.54, 1.807) is 0 Å². The molecule has 0 aromatic heterocycles. The van der Waals surface area contributed by atoms with Crippen molar-refractivity contribution in [3.63, 3.8) is 0 Å². The summed E-state index contributed by atoms with van der Waals surface area (Å²) in [4.78, 5) is 12.9. The van der Waals surface area contributed by atoms with Crippen molar-refractivity contribution >= 4 is 5.97 Å². The highest BCUT2D eigenvalue weighted by Crippen LogP contribution is 2.40. The molecule has 0 spiro atoms. The average Bonchev–Trinajstić information content (AvgIpc) is 2.63. The van der Waals surface area contributed by atoms with Gasteiger partial charge in [0.25, 0.3) is 0 Å². The molecule has 2 fully saturated rings. The topological polar surface area (TPSA) is 49.4 Å². The Labute approximate surface area is 148 Å². The Balaban J connectivity index is 1.93. The molecular weight excluding hydrogens is 302 g/mol. The summed E-state index contributed by atoms with van der Waals surface area (Å²) in [6.07, 6.45) is 12.4. The van der Waals surface area contributed by atoms with Crippen LogP contribution >= 0.6 is 0 Å². The summed E-state index contributed by atoms with van der Waals surface area (Å²) in [5.74, 6) is 1.10. The molecule has 0 aromatic rings. The van der Waals surface area contributed by atoms with Gasteiger partial charge < -0.3 is 14.6 Å². The molecule has 0 heterocycles. The largest absolute Gasteiger partial charge is 0.633 e. The molecule has 0 radical (unpaired) electrons. The summed E-state index contributed by atoms with van der Waals surface area (Å²) < 4.78 is 5.40. The molecule has 4 nitrogen and oxygen atoms in total. The van der Waals surface area contributed by atoms with Crippen molar-refractivity contribution < 1.29 is 14.2 Å². The summed E-state index contributed by atoms with van der Waals surface area (Å²) in [5, 5.41) is 12.3. The number of carbonyl (C=O) groups is 1. The Bertz CT molecular complexity index is 351. The van der Waals surface area contributed by atoms with Crippen molar-refractivity contribution in [3.05, 3.63) is 5.21 Å². The van der Waals surface area contributed by atoms with E-state index in [9.17, 15) is 10.0 Å². The smallest absolute Gasteiger partial charge is 0.309 e. The second-order valence-corrected chi connectivity index (χ2v) is 7.90. The first-order valence-corrected chi connectivity index (χ1v) is 10.3. The molecule has 2 aliphatic rings.